The maximum Gasteiger partial charge on any atom is 0.412 e. The van der Waals surface area contributed by atoms with E-state index in [0.29, 0.717) is 26.1 Å². The second-order valence-corrected chi connectivity index (χ2v) is 17.5. The predicted molar refractivity (Wildman–Crippen MR) is 254 cm³/mol. The minimum absolute atomic E-state index is 0.0421. The van der Waals surface area contributed by atoms with Crippen molar-refractivity contribution in [3.05, 3.63) is 84.5 Å². The summed E-state index contributed by atoms with van der Waals surface area (Å²) in [6.07, 6.45) is 25.8. The number of hydrogen-bond donors (Lipinski definition) is 3. The van der Waals surface area contributed by atoms with E-state index in [0.717, 1.165) is 109 Å². The number of ether oxygens (including phenoxy) is 2. The highest BCUT2D eigenvalue weighted by atomic mass is 16.6. The minimum atomic E-state index is -0.924. The van der Waals surface area contributed by atoms with Gasteiger partial charge < -0.3 is 33.8 Å². The molecule has 0 saturated carbocycles. The fraction of sp³-hybridized carbons (Fsp3) is 0.612. The van der Waals surface area contributed by atoms with Crippen molar-refractivity contribution < 1.29 is 28.7 Å². The molecule has 3 rings (SSSR count). The molecule has 0 bridgehead atoms. The number of esters is 1. The molecule has 64 heavy (non-hydrogen) atoms. The van der Waals surface area contributed by atoms with Gasteiger partial charge in [-0.1, -0.05) is 117 Å². The van der Waals surface area contributed by atoms with Gasteiger partial charge in [0.25, 0.3) is 11.8 Å². The third kappa shape index (κ3) is 18.0. The van der Waals surface area contributed by atoms with Gasteiger partial charge in [-0.3, -0.25) is 29.3 Å². The highest BCUT2D eigenvalue weighted by molar-refractivity contribution is 6.07. The van der Waals surface area contributed by atoms with Crippen molar-refractivity contribution in [2.45, 2.75) is 189 Å². The lowest BCUT2D eigenvalue weighted by molar-refractivity contribution is 0.0522. The summed E-state index contributed by atoms with van der Waals surface area (Å²) in [5.41, 5.74) is -4.86. The van der Waals surface area contributed by atoms with Gasteiger partial charge in [-0.25, -0.2) is 9.59 Å². The zero-order valence-corrected chi connectivity index (χ0v) is 39.5. The van der Waals surface area contributed by atoms with Gasteiger partial charge in [-0.2, -0.15) is 0 Å². The van der Waals surface area contributed by atoms with Crippen molar-refractivity contribution >= 4 is 40.9 Å². The molecule has 0 spiro atoms. The van der Waals surface area contributed by atoms with E-state index in [1.54, 1.807) is 41.4 Å². The Labute approximate surface area is 378 Å². The quantitative estimate of drug-likeness (QED) is 0.0471. The molecule has 0 radical (unpaired) electrons. The number of pyridine rings is 3. The smallest absolute Gasteiger partial charge is 0.412 e. The Bertz CT molecular complexity index is 2160. The van der Waals surface area contributed by atoms with E-state index in [4.69, 9.17) is 9.47 Å². The largest absolute Gasteiger partial charge is 0.462 e. The number of nitrogens with zero attached hydrogens (tertiary/aromatic N) is 3. The van der Waals surface area contributed by atoms with Crippen LogP contribution in [0.5, 0.6) is 0 Å². The van der Waals surface area contributed by atoms with Crippen LogP contribution >= 0.6 is 0 Å². The van der Waals surface area contributed by atoms with Crippen molar-refractivity contribution in [3.63, 3.8) is 0 Å². The van der Waals surface area contributed by atoms with Crippen molar-refractivity contribution in [1.29, 1.82) is 0 Å². The first kappa shape index (κ1) is 52.9. The van der Waals surface area contributed by atoms with Gasteiger partial charge in [0.2, 0.25) is 16.3 Å². The molecule has 0 aliphatic heterocycles. The Kier molecular flexibility index (Phi) is 22.8. The highest BCUT2D eigenvalue weighted by Crippen LogP contribution is 2.16. The third-order valence-corrected chi connectivity index (χ3v) is 10.7. The van der Waals surface area contributed by atoms with Crippen LogP contribution in [0, 0.1) is 0 Å². The van der Waals surface area contributed by atoms with E-state index in [1.165, 1.54) is 37.2 Å². The average Bonchev–Trinajstić information content (AvgIpc) is 3.24. The van der Waals surface area contributed by atoms with Gasteiger partial charge in [0.15, 0.2) is 0 Å². The molecular weight excluding hydrogens is 817 g/mol. The number of carbonyl (C=O) groups excluding carboxylic acids is 4. The first-order valence-corrected chi connectivity index (χ1v) is 23.6. The van der Waals surface area contributed by atoms with Crippen molar-refractivity contribution in [1.82, 2.24) is 13.7 Å². The zero-order chi connectivity index (χ0) is 47.1. The highest BCUT2D eigenvalue weighted by Gasteiger charge is 2.24. The van der Waals surface area contributed by atoms with Crippen molar-refractivity contribution in [3.8, 4) is 0 Å². The van der Waals surface area contributed by atoms with Gasteiger partial charge in [0.1, 0.15) is 39.4 Å². The van der Waals surface area contributed by atoms with Crippen LogP contribution in [-0.2, 0) is 29.1 Å². The molecule has 3 amide bonds. The predicted octanol–water partition coefficient (Wildman–Crippen LogP) is 10.3. The number of rotatable bonds is 28. The van der Waals surface area contributed by atoms with Crippen LogP contribution in [0.2, 0.25) is 0 Å². The molecule has 0 aliphatic rings. The van der Waals surface area contributed by atoms with Crippen LogP contribution in [-0.4, -0.2) is 49.8 Å². The monoisotopic (exact) mass is 891 g/mol. The van der Waals surface area contributed by atoms with Crippen LogP contribution in [0.15, 0.2) is 51.6 Å². The fourth-order valence-corrected chi connectivity index (χ4v) is 7.24. The normalized spacial score (nSPS) is 11.3. The van der Waals surface area contributed by atoms with Crippen LogP contribution in [0.3, 0.4) is 0 Å². The lowest BCUT2D eigenvalue weighted by atomic mass is 10.1. The summed E-state index contributed by atoms with van der Waals surface area (Å²) >= 11 is 0. The third-order valence-electron chi connectivity index (χ3n) is 10.7. The molecule has 0 unspecified atom stereocenters. The number of aryl methyl sites for hydroxylation is 3. The summed E-state index contributed by atoms with van der Waals surface area (Å²) in [5.74, 6) is -2.68. The number of aromatic nitrogens is 3. The summed E-state index contributed by atoms with van der Waals surface area (Å²) in [5, 5.41) is 7.65. The molecule has 15 heteroatoms. The first-order chi connectivity index (χ1) is 30.6. The first-order valence-electron chi connectivity index (χ1n) is 23.6. The zero-order valence-electron chi connectivity index (χ0n) is 39.5. The number of nitrogens with one attached hydrogen (secondary N) is 3. The van der Waals surface area contributed by atoms with E-state index in [9.17, 15) is 33.6 Å². The number of hydrogen-bond acceptors (Lipinski definition) is 9. The molecule has 15 nitrogen and oxygen atoms in total. The summed E-state index contributed by atoms with van der Waals surface area (Å²) in [4.78, 5) is 95.5. The molecule has 3 N–H and O–H groups in total. The van der Waals surface area contributed by atoms with Gasteiger partial charge in [-0.05, 0) is 47.0 Å². The maximum atomic E-state index is 14.2. The van der Waals surface area contributed by atoms with E-state index in [2.05, 4.69) is 36.7 Å². The number of unbranched alkanes of at least 4 members (excludes halogenated alkanes) is 15. The molecule has 0 atom stereocenters. The Balaban J connectivity index is 2.04. The lowest BCUT2D eigenvalue weighted by Gasteiger charge is -2.20. The molecule has 0 saturated heterocycles. The Morgan fingerprint density at radius 3 is 1.16 bits per heavy atom. The van der Waals surface area contributed by atoms with Gasteiger partial charge in [-0.15, -0.1) is 0 Å². The van der Waals surface area contributed by atoms with Crippen molar-refractivity contribution in [2.75, 3.05) is 22.6 Å². The summed E-state index contributed by atoms with van der Waals surface area (Å²) in [6.45, 7) is 14.5. The SMILES string of the molecule is CCCCCCCCn1cc(NC(=O)OC(C)(C)C)c(=O)c(C(=O)Nc2cn(CCCCCCCC)cc(C(=O)Nc3cn(CCCCCCCC)cc(C(=O)OCC)c3=O)c2=O)c1. The summed E-state index contributed by atoms with van der Waals surface area (Å²) in [6, 6.07) is 0. The molecule has 3 aromatic rings. The summed E-state index contributed by atoms with van der Waals surface area (Å²) in [7, 11) is 0. The Morgan fingerprint density at radius 2 is 0.797 bits per heavy atom. The number of carbonyl (C=O) groups is 4. The Morgan fingerprint density at radius 1 is 0.469 bits per heavy atom. The van der Waals surface area contributed by atoms with E-state index in [-0.39, 0.29) is 40.4 Å². The topological polar surface area (TPSA) is 189 Å². The van der Waals surface area contributed by atoms with E-state index >= 15 is 0 Å². The molecule has 3 aromatic heterocycles. The number of anilines is 3. The Hall–Kier alpha value is -5.47. The van der Waals surface area contributed by atoms with Crippen LogP contribution in [0.25, 0.3) is 0 Å². The second kappa shape index (κ2) is 27.7. The van der Waals surface area contributed by atoms with Gasteiger partial charge >= 0.3 is 12.1 Å². The van der Waals surface area contributed by atoms with E-state index < -0.39 is 45.8 Å². The standard InChI is InChI=1S/C49H74N6O9/c1-8-12-15-18-21-24-27-53-30-36(45(59)51-40-34-55(29-26-23-20-17-14-10-3)32-38(44(40)58)47(61)63-11-4)42(56)39(33-53)50-46(60)37-31-54(28-25-22-19-16-13-9-2)35-41(43(37)57)52-48(62)64-49(5,6)7/h30-35H,8-29H2,1-7H3,(H,50,60)(H,51,59)(H,52,62). The molecule has 354 valence electrons. The second-order valence-electron chi connectivity index (χ2n) is 17.5. The molecule has 0 fully saturated rings. The molecule has 0 aliphatic carbocycles. The van der Waals surface area contributed by atoms with Crippen LogP contribution < -0.4 is 32.2 Å². The molecular formula is C49H74N6O9. The fourth-order valence-electron chi connectivity index (χ4n) is 7.24. The van der Waals surface area contributed by atoms with E-state index in [1.807, 2.05) is 0 Å². The van der Waals surface area contributed by atoms with Gasteiger partial charge in [0, 0.05) is 56.8 Å². The average molecular weight is 891 g/mol. The summed E-state index contributed by atoms with van der Waals surface area (Å²) < 4.78 is 15.5. The van der Waals surface area contributed by atoms with Crippen LogP contribution in [0.1, 0.15) is 195 Å². The minimum Gasteiger partial charge on any atom is -0.462 e. The van der Waals surface area contributed by atoms with Crippen molar-refractivity contribution in [2.24, 2.45) is 0 Å². The molecule has 3 heterocycles. The number of amides is 3. The lowest BCUT2D eigenvalue weighted by Crippen LogP contribution is -2.33. The maximum absolute atomic E-state index is 14.2. The van der Waals surface area contributed by atoms with Crippen LogP contribution in [0.4, 0.5) is 21.9 Å². The molecule has 0 aromatic carbocycles. The van der Waals surface area contributed by atoms with Gasteiger partial charge in [0.05, 0.1) is 6.61 Å².